The van der Waals surface area contributed by atoms with Crippen molar-refractivity contribution in [3.05, 3.63) is 66.1 Å². The van der Waals surface area contributed by atoms with Crippen LogP contribution in [0.25, 0.3) is 11.4 Å². The average molecular weight is 388 g/mol. The Kier molecular flexibility index (Phi) is 4.60. The van der Waals surface area contributed by atoms with Gasteiger partial charge in [0.05, 0.1) is 12.6 Å². The number of piperazine rings is 1. The lowest BCUT2D eigenvalue weighted by atomic mass is 10.0. The number of alkyl halides is 3. The maximum absolute atomic E-state index is 12.6. The van der Waals surface area contributed by atoms with Crippen molar-refractivity contribution < 1.29 is 22.5 Å². The van der Waals surface area contributed by atoms with Gasteiger partial charge in [0.1, 0.15) is 0 Å². The first kappa shape index (κ1) is 18.2. The number of hydrogen-bond donors (Lipinski definition) is 1. The molecule has 3 aromatic rings. The Morgan fingerprint density at radius 3 is 2.43 bits per heavy atom. The minimum atomic E-state index is -4.69. The summed E-state index contributed by atoms with van der Waals surface area (Å²) in [5.74, 6) is -1.65. The van der Waals surface area contributed by atoms with Crippen LogP contribution in [0.3, 0.4) is 0 Å². The van der Waals surface area contributed by atoms with Gasteiger partial charge in [-0.05, 0) is 29.8 Å². The lowest BCUT2D eigenvalue weighted by Crippen LogP contribution is -2.50. The van der Waals surface area contributed by atoms with E-state index in [4.69, 9.17) is 0 Å². The van der Waals surface area contributed by atoms with Crippen LogP contribution in [-0.2, 0) is 11.0 Å². The molecule has 0 bridgehead atoms. The summed E-state index contributed by atoms with van der Waals surface area (Å²) in [5.41, 5.74) is 1.99. The van der Waals surface area contributed by atoms with Gasteiger partial charge < -0.3 is 14.7 Å². The summed E-state index contributed by atoms with van der Waals surface area (Å²) in [7, 11) is 0. The number of hydrogen-bond acceptors (Lipinski definition) is 5. The van der Waals surface area contributed by atoms with Crippen molar-refractivity contribution in [3.63, 3.8) is 0 Å². The maximum Gasteiger partial charge on any atom is 0.471 e. The molecule has 1 atom stereocenters. The molecule has 0 spiro atoms. The minimum absolute atomic E-state index is 0.0910. The van der Waals surface area contributed by atoms with Crippen LogP contribution in [0.15, 0.2) is 59.1 Å². The molecule has 1 aliphatic heterocycles. The van der Waals surface area contributed by atoms with Crippen molar-refractivity contribution >= 4 is 11.6 Å². The van der Waals surface area contributed by atoms with Gasteiger partial charge in [-0.1, -0.05) is 35.5 Å². The van der Waals surface area contributed by atoms with Crippen molar-refractivity contribution in [3.8, 4) is 11.4 Å². The molecule has 2 aromatic carbocycles. The first-order chi connectivity index (χ1) is 13.4. The SMILES string of the molecule is O=C1CNCC(c2ccccc2)N1c1ccc(-c2noc(C(F)(F)F)n2)cc1. The molecule has 144 valence electrons. The summed E-state index contributed by atoms with van der Waals surface area (Å²) >= 11 is 0. The van der Waals surface area contributed by atoms with Gasteiger partial charge in [0.25, 0.3) is 0 Å². The molecule has 1 unspecified atom stereocenters. The van der Waals surface area contributed by atoms with Gasteiger partial charge in [0.15, 0.2) is 0 Å². The summed E-state index contributed by atoms with van der Waals surface area (Å²) in [5, 5.41) is 6.48. The average Bonchev–Trinajstić information content (AvgIpc) is 3.19. The quantitative estimate of drug-likeness (QED) is 0.744. The zero-order valence-corrected chi connectivity index (χ0v) is 14.5. The molecule has 1 saturated heterocycles. The third kappa shape index (κ3) is 3.48. The number of carbonyl (C=O) groups excluding carboxylic acids is 1. The molecule has 4 rings (SSSR count). The van der Waals surface area contributed by atoms with E-state index in [1.165, 1.54) is 0 Å². The number of amides is 1. The molecule has 1 N–H and O–H groups in total. The van der Waals surface area contributed by atoms with Gasteiger partial charge in [-0.15, -0.1) is 0 Å². The van der Waals surface area contributed by atoms with Crippen LogP contribution in [0.2, 0.25) is 0 Å². The first-order valence-electron chi connectivity index (χ1n) is 8.52. The van der Waals surface area contributed by atoms with Crippen LogP contribution in [0.5, 0.6) is 0 Å². The van der Waals surface area contributed by atoms with Crippen LogP contribution in [-0.4, -0.2) is 29.1 Å². The maximum atomic E-state index is 12.6. The summed E-state index contributed by atoms with van der Waals surface area (Å²) < 4.78 is 42.1. The number of nitrogens with one attached hydrogen (secondary N) is 1. The van der Waals surface area contributed by atoms with Crippen molar-refractivity contribution in [1.29, 1.82) is 0 Å². The predicted octanol–water partition coefficient (Wildman–Crippen LogP) is 3.43. The van der Waals surface area contributed by atoms with E-state index in [1.54, 1.807) is 29.2 Å². The fourth-order valence-corrected chi connectivity index (χ4v) is 3.16. The lowest BCUT2D eigenvalue weighted by molar-refractivity contribution is -0.159. The predicted molar refractivity (Wildman–Crippen MR) is 94.3 cm³/mol. The third-order valence-corrected chi connectivity index (χ3v) is 4.45. The first-order valence-corrected chi connectivity index (χ1v) is 8.52. The Bertz CT molecular complexity index is 971. The van der Waals surface area contributed by atoms with Gasteiger partial charge in [-0.3, -0.25) is 4.79 Å². The molecule has 0 aliphatic carbocycles. The second-order valence-electron chi connectivity index (χ2n) is 6.29. The van der Waals surface area contributed by atoms with Crippen LogP contribution >= 0.6 is 0 Å². The highest BCUT2D eigenvalue weighted by Crippen LogP contribution is 2.32. The molecular formula is C19H15F3N4O2. The molecule has 1 aromatic heterocycles. The standard InChI is InChI=1S/C19H15F3N4O2/c20-19(21,22)18-24-17(25-28-18)13-6-8-14(9-7-13)26-15(10-23-11-16(26)27)12-4-2-1-3-5-12/h1-9,15,23H,10-11H2. The van der Waals surface area contributed by atoms with E-state index in [9.17, 15) is 18.0 Å². The monoisotopic (exact) mass is 388 g/mol. The zero-order chi connectivity index (χ0) is 19.7. The molecule has 1 amide bonds. The molecule has 28 heavy (non-hydrogen) atoms. The minimum Gasteiger partial charge on any atom is -0.329 e. The van der Waals surface area contributed by atoms with Gasteiger partial charge in [0.2, 0.25) is 11.7 Å². The van der Waals surface area contributed by atoms with E-state index in [1.807, 2.05) is 30.3 Å². The number of halogens is 3. The summed E-state index contributed by atoms with van der Waals surface area (Å²) in [4.78, 5) is 17.6. The molecule has 0 radical (unpaired) electrons. The Balaban J connectivity index is 1.63. The van der Waals surface area contributed by atoms with Gasteiger partial charge in [-0.2, -0.15) is 18.2 Å². The van der Waals surface area contributed by atoms with E-state index in [0.29, 0.717) is 17.8 Å². The number of anilines is 1. The molecule has 0 saturated carbocycles. The lowest BCUT2D eigenvalue weighted by Gasteiger charge is -2.36. The second kappa shape index (κ2) is 7.08. The molecule has 2 heterocycles. The van der Waals surface area contributed by atoms with E-state index >= 15 is 0 Å². The Labute approximate surface area is 158 Å². The van der Waals surface area contributed by atoms with Crippen LogP contribution < -0.4 is 10.2 Å². The van der Waals surface area contributed by atoms with Crippen molar-refractivity contribution in [2.45, 2.75) is 12.2 Å². The third-order valence-electron chi connectivity index (χ3n) is 4.45. The van der Waals surface area contributed by atoms with Crippen molar-refractivity contribution in [2.24, 2.45) is 0 Å². The zero-order valence-electron chi connectivity index (χ0n) is 14.5. The van der Waals surface area contributed by atoms with Crippen LogP contribution in [0.4, 0.5) is 18.9 Å². The van der Waals surface area contributed by atoms with Crippen molar-refractivity contribution in [1.82, 2.24) is 15.5 Å². The Morgan fingerprint density at radius 2 is 1.79 bits per heavy atom. The largest absolute Gasteiger partial charge is 0.471 e. The number of nitrogens with zero attached hydrogens (tertiary/aromatic N) is 3. The number of rotatable bonds is 3. The highest BCUT2D eigenvalue weighted by Gasteiger charge is 2.38. The van der Waals surface area contributed by atoms with Gasteiger partial charge in [-0.25, -0.2) is 0 Å². The number of aromatic nitrogens is 2. The van der Waals surface area contributed by atoms with Gasteiger partial charge >= 0.3 is 12.1 Å². The number of benzene rings is 2. The van der Waals surface area contributed by atoms with E-state index < -0.39 is 12.1 Å². The fraction of sp³-hybridized carbons (Fsp3) is 0.211. The van der Waals surface area contributed by atoms with E-state index in [2.05, 4.69) is 20.0 Å². The fourth-order valence-electron chi connectivity index (χ4n) is 3.16. The van der Waals surface area contributed by atoms with E-state index in [0.717, 1.165) is 5.56 Å². The summed E-state index contributed by atoms with van der Waals surface area (Å²) in [6.45, 7) is 0.808. The number of carbonyl (C=O) groups is 1. The second-order valence-corrected chi connectivity index (χ2v) is 6.29. The summed E-state index contributed by atoms with van der Waals surface area (Å²) in [6.07, 6.45) is -4.69. The molecular weight excluding hydrogens is 373 g/mol. The highest BCUT2D eigenvalue weighted by atomic mass is 19.4. The molecule has 9 heteroatoms. The Morgan fingerprint density at radius 1 is 1.07 bits per heavy atom. The summed E-state index contributed by atoms with van der Waals surface area (Å²) in [6, 6.07) is 15.9. The van der Waals surface area contributed by atoms with Crippen LogP contribution in [0.1, 0.15) is 17.5 Å². The van der Waals surface area contributed by atoms with Crippen molar-refractivity contribution in [2.75, 3.05) is 18.0 Å². The molecule has 6 nitrogen and oxygen atoms in total. The van der Waals surface area contributed by atoms with Gasteiger partial charge in [0, 0.05) is 17.8 Å². The molecule has 1 fully saturated rings. The van der Waals surface area contributed by atoms with E-state index in [-0.39, 0.29) is 24.3 Å². The normalized spacial score (nSPS) is 17.8. The highest BCUT2D eigenvalue weighted by molar-refractivity contribution is 5.96. The van der Waals surface area contributed by atoms with Crippen LogP contribution in [0, 0.1) is 0 Å². The Hall–Kier alpha value is -3.20. The molecule has 1 aliphatic rings. The topological polar surface area (TPSA) is 71.3 Å². The smallest absolute Gasteiger partial charge is 0.329 e.